The maximum absolute atomic E-state index is 13.1. The molecule has 2 nitrogen and oxygen atoms in total. The van der Waals surface area contributed by atoms with Gasteiger partial charge in [-0.1, -0.05) is 31.9 Å². The molecule has 0 aromatic heterocycles. The third-order valence-electron chi connectivity index (χ3n) is 2.12. The molecular formula is C13H8Br2F2O2. The Morgan fingerprint density at radius 1 is 0.737 bits per heavy atom. The summed E-state index contributed by atoms with van der Waals surface area (Å²) in [6.07, 6.45) is 0. The maximum Gasteiger partial charge on any atom is 0.230 e. The summed E-state index contributed by atoms with van der Waals surface area (Å²) in [7, 11) is 0. The number of halogens is 4. The van der Waals surface area contributed by atoms with Crippen LogP contribution < -0.4 is 9.47 Å². The van der Waals surface area contributed by atoms with Crippen molar-refractivity contribution in [3.63, 3.8) is 0 Å². The van der Waals surface area contributed by atoms with Crippen LogP contribution in [0.1, 0.15) is 0 Å². The molecule has 0 N–H and O–H groups in total. The number of benzene rings is 2. The molecule has 0 bridgehead atoms. The van der Waals surface area contributed by atoms with Crippen LogP contribution in [-0.4, -0.2) is 6.79 Å². The molecule has 0 atom stereocenters. The molecule has 2 aromatic carbocycles. The zero-order valence-corrected chi connectivity index (χ0v) is 12.7. The first-order chi connectivity index (χ1) is 9.02. The molecule has 0 unspecified atom stereocenters. The predicted octanol–water partition coefficient (Wildman–Crippen LogP) is 4.91. The largest absolute Gasteiger partial charge is 0.457 e. The van der Waals surface area contributed by atoms with Crippen molar-refractivity contribution in [3.05, 3.63) is 57.0 Å². The Hall–Kier alpha value is -1.14. The van der Waals surface area contributed by atoms with Gasteiger partial charge in [0.15, 0.2) is 0 Å². The quantitative estimate of drug-likeness (QED) is 0.687. The second-order valence-electron chi connectivity index (χ2n) is 3.62. The van der Waals surface area contributed by atoms with Gasteiger partial charge in [0.1, 0.15) is 23.1 Å². The molecule has 0 spiro atoms. The molecule has 6 heteroatoms. The van der Waals surface area contributed by atoms with Crippen LogP contribution >= 0.6 is 31.9 Å². The van der Waals surface area contributed by atoms with E-state index in [0.29, 0.717) is 20.4 Å². The van der Waals surface area contributed by atoms with Gasteiger partial charge < -0.3 is 9.47 Å². The van der Waals surface area contributed by atoms with Gasteiger partial charge in [0.2, 0.25) is 6.79 Å². The Kier molecular flexibility index (Phi) is 4.76. The van der Waals surface area contributed by atoms with E-state index in [2.05, 4.69) is 31.9 Å². The summed E-state index contributed by atoms with van der Waals surface area (Å²) in [5.41, 5.74) is 0. The fourth-order valence-corrected chi connectivity index (χ4v) is 2.28. The standard InChI is InChI=1S/C13H8Br2F2O2/c14-8-1-10(16)5-12(3-8)18-7-19-13-4-9(15)2-11(17)6-13/h1-6H,7H2. The van der Waals surface area contributed by atoms with Crippen LogP contribution in [-0.2, 0) is 0 Å². The third kappa shape index (κ3) is 4.47. The first kappa shape index (κ1) is 14.3. The van der Waals surface area contributed by atoms with Crippen molar-refractivity contribution >= 4 is 31.9 Å². The van der Waals surface area contributed by atoms with Gasteiger partial charge >= 0.3 is 0 Å². The van der Waals surface area contributed by atoms with Gasteiger partial charge in [-0.3, -0.25) is 0 Å². The lowest BCUT2D eigenvalue weighted by Gasteiger charge is -2.09. The highest BCUT2D eigenvalue weighted by Crippen LogP contribution is 2.22. The molecule has 0 aliphatic heterocycles. The topological polar surface area (TPSA) is 18.5 Å². The van der Waals surface area contributed by atoms with E-state index in [9.17, 15) is 8.78 Å². The van der Waals surface area contributed by atoms with E-state index in [1.165, 1.54) is 24.3 Å². The molecule has 2 aromatic rings. The van der Waals surface area contributed by atoms with Crippen molar-refractivity contribution in [3.8, 4) is 11.5 Å². The highest BCUT2D eigenvalue weighted by Gasteiger charge is 2.02. The summed E-state index contributed by atoms with van der Waals surface area (Å²) < 4.78 is 37.7. The normalized spacial score (nSPS) is 10.3. The van der Waals surface area contributed by atoms with Gasteiger partial charge in [-0.15, -0.1) is 0 Å². The van der Waals surface area contributed by atoms with Gasteiger partial charge in [-0.2, -0.15) is 0 Å². The molecule has 0 fully saturated rings. The van der Waals surface area contributed by atoms with Crippen LogP contribution in [0.15, 0.2) is 45.3 Å². The Bertz CT molecular complexity index is 499. The number of hydrogen-bond acceptors (Lipinski definition) is 2. The lowest BCUT2D eigenvalue weighted by atomic mass is 10.3. The van der Waals surface area contributed by atoms with E-state index in [1.807, 2.05) is 0 Å². The average Bonchev–Trinajstić information content (AvgIpc) is 2.26. The lowest BCUT2D eigenvalue weighted by molar-refractivity contribution is 0.119. The highest BCUT2D eigenvalue weighted by molar-refractivity contribution is 9.10. The van der Waals surface area contributed by atoms with Crippen molar-refractivity contribution in [2.75, 3.05) is 6.79 Å². The van der Waals surface area contributed by atoms with Crippen molar-refractivity contribution < 1.29 is 18.3 Å². The number of hydrogen-bond donors (Lipinski definition) is 0. The Balaban J connectivity index is 1.96. The second kappa shape index (κ2) is 6.34. The zero-order valence-electron chi connectivity index (χ0n) is 9.50. The SMILES string of the molecule is Fc1cc(Br)cc(OCOc2cc(F)cc(Br)c2)c1. The molecule has 2 rings (SSSR count). The minimum Gasteiger partial charge on any atom is -0.457 e. The van der Waals surface area contributed by atoms with Gasteiger partial charge in [0.05, 0.1) is 0 Å². The van der Waals surface area contributed by atoms with Gasteiger partial charge in [0.25, 0.3) is 0 Å². The maximum atomic E-state index is 13.1. The van der Waals surface area contributed by atoms with Gasteiger partial charge in [0, 0.05) is 21.1 Å². The molecule has 0 radical (unpaired) electrons. The second-order valence-corrected chi connectivity index (χ2v) is 5.45. The van der Waals surface area contributed by atoms with E-state index in [0.717, 1.165) is 0 Å². The van der Waals surface area contributed by atoms with Crippen LogP contribution in [0.4, 0.5) is 8.78 Å². The molecular weight excluding hydrogens is 386 g/mol. The van der Waals surface area contributed by atoms with Crippen LogP contribution in [0.2, 0.25) is 0 Å². The average molecular weight is 394 g/mol. The predicted molar refractivity (Wildman–Crippen MR) is 74.3 cm³/mol. The van der Waals surface area contributed by atoms with Crippen molar-refractivity contribution in [2.24, 2.45) is 0 Å². The molecule has 0 aliphatic carbocycles. The molecule has 0 heterocycles. The molecule has 100 valence electrons. The third-order valence-corrected chi connectivity index (χ3v) is 3.04. The number of rotatable bonds is 4. The Morgan fingerprint density at radius 3 is 1.53 bits per heavy atom. The summed E-state index contributed by atoms with van der Waals surface area (Å²) in [5.74, 6) is -0.194. The van der Waals surface area contributed by atoms with Crippen molar-refractivity contribution in [1.29, 1.82) is 0 Å². The van der Waals surface area contributed by atoms with E-state index in [-0.39, 0.29) is 6.79 Å². The monoisotopic (exact) mass is 392 g/mol. The molecule has 0 amide bonds. The summed E-state index contributed by atoms with van der Waals surface area (Å²) in [4.78, 5) is 0. The van der Waals surface area contributed by atoms with Crippen LogP contribution in [0.25, 0.3) is 0 Å². The minimum atomic E-state index is -0.419. The van der Waals surface area contributed by atoms with E-state index >= 15 is 0 Å². The van der Waals surface area contributed by atoms with E-state index in [1.54, 1.807) is 12.1 Å². The number of ether oxygens (including phenoxy) is 2. The Morgan fingerprint density at radius 2 is 1.16 bits per heavy atom. The fraction of sp³-hybridized carbons (Fsp3) is 0.0769. The summed E-state index contributed by atoms with van der Waals surface area (Å²) >= 11 is 6.30. The van der Waals surface area contributed by atoms with E-state index < -0.39 is 11.6 Å². The smallest absolute Gasteiger partial charge is 0.230 e. The summed E-state index contributed by atoms with van der Waals surface area (Å²) in [5, 5.41) is 0. The lowest BCUT2D eigenvalue weighted by Crippen LogP contribution is -2.06. The fourth-order valence-electron chi connectivity index (χ4n) is 1.39. The Labute approximate surface area is 125 Å². The van der Waals surface area contributed by atoms with Crippen molar-refractivity contribution in [1.82, 2.24) is 0 Å². The van der Waals surface area contributed by atoms with Gasteiger partial charge in [-0.25, -0.2) is 8.78 Å². The molecule has 0 saturated carbocycles. The van der Waals surface area contributed by atoms with Crippen LogP contribution in [0.3, 0.4) is 0 Å². The first-order valence-corrected chi connectivity index (χ1v) is 6.79. The minimum absolute atomic E-state index is 0.147. The van der Waals surface area contributed by atoms with Gasteiger partial charge in [-0.05, 0) is 24.3 Å². The van der Waals surface area contributed by atoms with Crippen LogP contribution in [0.5, 0.6) is 11.5 Å². The molecule has 0 aliphatic rings. The molecule has 0 saturated heterocycles. The summed E-state index contributed by atoms with van der Waals surface area (Å²) in [6.45, 7) is -0.147. The van der Waals surface area contributed by atoms with E-state index in [4.69, 9.17) is 9.47 Å². The summed E-state index contributed by atoms with van der Waals surface area (Å²) in [6, 6.07) is 8.31. The first-order valence-electron chi connectivity index (χ1n) is 5.21. The molecule has 19 heavy (non-hydrogen) atoms. The highest BCUT2D eigenvalue weighted by atomic mass is 79.9. The van der Waals surface area contributed by atoms with Crippen molar-refractivity contribution in [2.45, 2.75) is 0 Å². The van der Waals surface area contributed by atoms with Crippen LogP contribution in [0, 0.1) is 11.6 Å². The zero-order chi connectivity index (χ0) is 13.8.